The van der Waals surface area contributed by atoms with E-state index in [1.807, 2.05) is 29.6 Å². The van der Waals surface area contributed by atoms with Gasteiger partial charge >= 0.3 is 6.03 Å². The number of para-hydroxylation sites is 1. The van der Waals surface area contributed by atoms with Gasteiger partial charge in [0.05, 0.1) is 4.88 Å². The highest BCUT2D eigenvalue weighted by molar-refractivity contribution is 7.12. The smallest absolute Gasteiger partial charge is 0.325 e. The van der Waals surface area contributed by atoms with Crippen LogP contribution in [0.5, 0.6) is 0 Å². The van der Waals surface area contributed by atoms with Gasteiger partial charge in [0, 0.05) is 31.6 Å². The molecule has 170 valence electrons. The fraction of sp³-hybridized carbons (Fsp3) is 0.304. The standard InChI is InChI=1S/C23H22N4O5S/c1-23(18-13-15-5-2-3-6-16(15)32-18)21(30)27(22(31)24-23)14-19(28)25-8-10-26(11-9-25)20(29)17-7-4-12-33-17/h2-7,12-13H,8-11,14H2,1H3,(H,24,31)/t23-/m0/s1. The Morgan fingerprint density at radius 3 is 2.48 bits per heavy atom. The first-order valence-electron chi connectivity index (χ1n) is 10.6. The SMILES string of the molecule is C[C@@]1(c2cc3ccccc3o2)NC(=O)N(CC(=O)N2CCN(C(=O)c3cccs3)CC2)C1=O. The highest BCUT2D eigenvalue weighted by Crippen LogP contribution is 2.33. The van der Waals surface area contributed by atoms with Crippen LogP contribution in [0.25, 0.3) is 11.0 Å². The summed E-state index contributed by atoms with van der Waals surface area (Å²) >= 11 is 1.38. The van der Waals surface area contributed by atoms with Crippen LogP contribution in [-0.2, 0) is 15.1 Å². The third kappa shape index (κ3) is 3.66. The predicted molar refractivity (Wildman–Crippen MR) is 121 cm³/mol. The summed E-state index contributed by atoms with van der Waals surface area (Å²) in [4.78, 5) is 56.0. The van der Waals surface area contributed by atoms with Crippen molar-refractivity contribution in [2.75, 3.05) is 32.7 Å². The van der Waals surface area contributed by atoms with Crippen molar-refractivity contribution in [3.05, 3.63) is 58.5 Å². The van der Waals surface area contributed by atoms with Crippen molar-refractivity contribution in [2.45, 2.75) is 12.5 Å². The lowest BCUT2D eigenvalue weighted by molar-refractivity contribution is -0.140. The highest BCUT2D eigenvalue weighted by Gasteiger charge is 2.52. The zero-order chi connectivity index (χ0) is 23.2. The zero-order valence-electron chi connectivity index (χ0n) is 17.9. The Labute approximate surface area is 193 Å². The van der Waals surface area contributed by atoms with Crippen molar-refractivity contribution in [3.8, 4) is 0 Å². The maximum atomic E-state index is 13.2. The number of imide groups is 1. The third-order valence-electron chi connectivity index (χ3n) is 6.14. The molecule has 0 radical (unpaired) electrons. The van der Waals surface area contributed by atoms with Crippen LogP contribution in [-0.4, -0.2) is 71.2 Å². The quantitative estimate of drug-likeness (QED) is 0.594. The van der Waals surface area contributed by atoms with Gasteiger partial charge in [-0.05, 0) is 30.5 Å². The van der Waals surface area contributed by atoms with E-state index in [0.29, 0.717) is 42.4 Å². The largest absolute Gasteiger partial charge is 0.458 e. The van der Waals surface area contributed by atoms with E-state index in [0.717, 1.165) is 10.3 Å². The molecule has 2 saturated heterocycles. The molecular formula is C23H22N4O5S. The molecule has 0 aliphatic carbocycles. The number of hydrogen-bond acceptors (Lipinski definition) is 6. The normalized spacial score (nSPS) is 21.1. The van der Waals surface area contributed by atoms with Crippen molar-refractivity contribution in [1.29, 1.82) is 0 Å². The van der Waals surface area contributed by atoms with E-state index in [1.165, 1.54) is 11.3 Å². The third-order valence-corrected chi connectivity index (χ3v) is 7.00. The topological polar surface area (TPSA) is 103 Å². The number of urea groups is 1. The first-order chi connectivity index (χ1) is 15.9. The Balaban J connectivity index is 1.24. The zero-order valence-corrected chi connectivity index (χ0v) is 18.8. The number of carbonyl (C=O) groups excluding carboxylic acids is 4. The molecule has 2 aromatic heterocycles. The number of piperazine rings is 1. The van der Waals surface area contributed by atoms with Crippen LogP contribution < -0.4 is 5.32 Å². The minimum Gasteiger partial charge on any atom is -0.458 e. The highest BCUT2D eigenvalue weighted by atomic mass is 32.1. The van der Waals surface area contributed by atoms with Gasteiger partial charge in [0.2, 0.25) is 5.91 Å². The molecule has 1 atom stereocenters. The molecule has 0 bridgehead atoms. The first-order valence-corrected chi connectivity index (χ1v) is 11.5. The van der Waals surface area contributed by atoms with Gasteiger partial charge < -0.3 is 19.5 Å². The number of furan rings is 1. The molecule has 10 heteroatoms. The minimum atomic E-state index is -1.39. The number of carbonyl (C=O) groups is 4. The number of fused-ring (bicyclic) bond motifs is 1. The average molecular weight is 467 g/mol. The Kier molecular flexibility index (Phi) is 5.16. The lowest BCUT2D eigenvalue weighted by Gasteiger charge is -2.35. The van der Waals surface area contributed by atoms with Crippen molar-refractivity contribution >= 4 is 46.1 Å². The van der Waals surface area contributed by atoms with Gasteiger partial charge in [-0.25, -0.2) is 4.79 Å². The molecule has 5 amide bonds. The number of amides is 5. The Morgan fingerprint density at radius 1 is 1.06 bits per heavy atom. The number of hydrogen-bond donors (Lipinski definition) is 1. The monoisotopic (exact) mass is 466 g/mol. The molecule has 0 saturated carbocycles. The van der Waals surface area contributed by atoms with Crippen molar-refractivity contribution in [3.63, 3.8) is 0 Å². The van der Waals surface area contributed by atoms with Gasteiger partial charge in [0.25, 0.3) is 11.8 Å². The Bertz CT molecular complexity index is 1210. The van der Waals surface area contributed by atoms with Crippen molar-refractivity contribution < 1.29 is 23.6 Å². The van der Waals surface area contributed by atoms with E-state index in [2.05, 4.69) is 5.32 Å². The summed E-state index contributed by atoms with van der Waals surface area (Å²) in [6, 6.07) is 12.0. The molecule has 5 rings (SSSR count). The number of rotatable bonds is 4. The van der Waals surface area contributed by atoms with Crippen LogP contribution in [0.4, 0.5) is 4.79 Å². The van der Waals surface area contributed by atoms with Gasteiger partial charge in [-0.1, -0.05) is 24.3 Å². The number of benzene rings is 1. The molecule has 1 N–H and O–H groups in total. The minimum absolute atomic E-state index is 0.0483. The Hall–Kier alpha value is -3.66. The average Bonchev–Trinajstić information content (AvgIpc) is 3.55. The van der Waals surface area contributed by atoms with Gasteiger partial charge in [0.1, 0.15) is 17.9 Å². The summed E-state index contributed by atoms with van der Waals surface area (Å²) < 4.78 is 5.81. The maximum Gasteiger partial charge on any atom is 0.325 e. The second kappa shape index (κ2) is 8.04. The lowest BCUT2D eigenvalue weighted by atomic mass is 9.99. The second-order valence-corrected chi connectivity index (χ2v) is 9.19. The van der Waals surface area contributed by atoms with E-state index < -0.39 is 17.5 Å². The fourth-order valence-electron chi connectivity index (χ4n) is 4.19. The fourth-order valence-corrected chi connectivity index (χ4v) is 4.88. The predicted octanol–water partition coefficient (Wildman–Crippen LogP) is 2.25. The first kappa shape index (κ1) is 21.2. The van der Waals surface area contributed by atoms with Gasteiger partial charge in [-0.2, -0.15) is 0 Å². The summed E-state index contributed by atoms with van der Waals surface area (Å²) in [5.74, 6) is -0.604. The van der Waals surface area contributed by atoms with Gasteiger partial charge in [-0.15, -0.1) is 11.3 Å². The second-order valence-electron chi connectivity index (χ2n) is 8.25. The molecule has 4 heterocycles. The summed E-state index contributed by atoms with van der Waals surface area (Å²) in [5, 5.41) is 5.35. The van der Waals surface area contributed by atoms with Crippen molar-refractivity contribution in [1.82, 2.24) is 20.0 Å². The molecule has 0 unspecified atom stereocenters. The molecule has 2 aliphatic heterocycles. The van der Waals surface area contributed by atoms with E-state index in [9.17, 15) is 19.2 Å². The van der Waals surface area contributed by atoms with Gasteiger partial charge in [-0.3, -0.25) is 19.3 Å². The van der Waals surface area contributed by atoms with Crippen LogP contribution in [0.15, 0.2) is 52.3 Å². The number of nitrogens with zero attached hydrogens (tertiary/aromatic N) is 3. The summed E-state index contributed by atoms with van der Waals surface area (Å²) in [7, 11) is 0. The Morgan fingerprint density at radius 2 is 1.79 bits per heavy atom. The molecule has 2 fully saturated rings. The van der Waals surface area contributed by atoms with Crippen LogP contribution in [0.1, 0.15) is 22.4 Å². The van der Waals surface area contributed by atoms with E-state index in [1.54, 1.807) is 34.9 Å². The molecule has 9 nitrogen and oxygen atoms in total. The van der Waals surface area contributed by atoms with Crippen LogP contribution in [0.2, 0.25) is 0 Å². The van der Waals surface area contributed by atoms with E-state index in [-0.39, 0.29) is 18.4 Å². The molecular weight excluding hydrogens is 444 g/mol. The van der Waals surface area contributed by atoms with E-state index in [4.69, 9.17) is 4.42 Å². The number of thiophene rings is 1. The number of nitrogens with one attached hydrogen (secondary N) is 1. The summed E-state index contributed by atoms with van der Waals surface area (Å²) in [6.07, 6.45) is 0. The summed E-state index contributed by atoms with van der Waals surface area (Å²) in [6.45, 7) is 2.71. The summed E-state index contributed by atoms with van der Waals surface area (Å²) in [5.41, 5.74) is -0.775. The van der Waals surface area contributed by atoms with Crippen LogP contribution in [0.3, 0.4) is 0 Å². The van der Waals surface area contributed by atoms with Gasteiger partial charge in [0.15, 0.2) is 5.54 Å². The molecule has 2 aliphatic rings. The molecule has 33 heavy (non-hydrogen) atoms. The van der Waals surface area contributed by atoms with Crippen LogP contribution >= 0.6 is 11.3 Å². The van der Waals surface area contributed by atoms with Crippen LogP contribution in [0, 0.1) is 0 Å². The molecule has 0 spiro atoms. The molecule has 3 aromatic rings. The lowest BCUT2D eigenvalue weighted by Crippen LogP contribution is -2.53. The molecule has 1 aromatic carbocycles. The maximum absolute atomic E-state index is 13.2. The van der Waals surface area contributed by atoms with E-state index >= 15 is 0 Å². The van der Waals surface area contributed by atoms with Crippen molar-refractivity contribution in [2.24, 2.45) is 0 Å².